The van der Waals surface area contributed by atoms with Gasteiger partial charge in [-0.2, -0.15) is 0 Å². The molecule has 12 heteroatoms. The van der Waals surface area contributed by atoms with Gasteiger partial charge in [0.15, 0.2) is 17.2 Å². The average Bonchev–Trinajstić information content (AvgIpc) is 3.54. The number of nitrogens with zero attached hydrogens (tertiary/aromatic N) is 5. The minimum absolute atomic E-state index is 0.113. The molecule has 2 saturated carbocycles. The number of aromatic nitrogens is 4. The Bertz CT molecular complexity index is 1770. The summed E-state index contributed by atoms with van der Waals surface area (Å²) in [6.07, 6.45) is 4.23. The van der Waals surface area contributed by atoms with Gasteiger partial charge in [0.05, 0.1) is 35.3 Å². The molecule has 2 aliphatic carbocycles. The summed E-state index contributed by atoms with van der Waals surface area (Å²) in [5.74, 6) is 0.548. The molecule has 2 atom stereocenters. The number of hydrogen-bond acceptors (Lipinski definition) is 8. The molecule has 43 heavy (non-hydrogen) atoms. The van der Waals surface area contributed by atoms with Crippen molar-refractivity contribution in [1.29, 1.82) is 0 Å². The summed E-state index contributed by atoms with van der Waals surface area (Å²) in [5, 5.41) is 10.5. The Kier molecular flexibility index (Phi) is 7.02. The molecule has 3 aromatic heterocycles. The molecular formula is C31H36FN7O4. The number of anilines is 3. The van der Waals surface area contributed by atoms with E-state index < -0.39 is 25.2 Å². The number of rotatable bonds is 10. The molecule has 3 heterocycles. The molecule has 0 saturated heterocycles. The minimum atomic E-state index is -2.45. The van der Waals surface area contributed by atoms with Gasteiger partial charge in [-0.15, -0.1) is 5.10 Å². The first-order valence-electron chi connectivity index (χ1n) is 15.8. The van der Waals surface area contributed by atoms with Gasteiger partial charge >= 0.3 is 0 Å². The topological polar surface area (TPSA) is 115 Å². The molecular weight excluding hydrogens is 553 g/mol. The van der Waals surface area contributed by atoms with Crippen LogP contribution in [0.15, 0.2) is 59.7 Å². The van der Waals surface area contributed by atoms with Crippen LogP contribution in [0.5, 0.6) is 5.75 Å². The maximum Gasteiger partial charge on any atom is 0.274 e. The van der Waals surface area contributed by atoms with Gasteiger partial charge in [0.2, 0.25) is 0 Å². The maximum atomic E-state index is 13.7. The van der Waals surface area contributed by atoms with Crippen molar-refractivity contribution >= 4 is 28.7 Å². The summed E-state index contributed by atoms with van der Waals surface area (Å²) in [4.78, 5) is 33.2. The van der Waals surface area contributed by atoms with Crippen molar-refractivity contribution in [2.75, 3.05) is 31.4 Å². The smallest absolute Gasteiger partial charge is 0.274 e. The van der Waals surface area contributed by atoms with Gasteiger partial charge in [-0.1, -0.05) is 12.1 Å². The first kappa shape index (κ1) is 25.1. The van der Waals surface area contributed by atoms with Crippen LogP contribution in [0.4, 0.5) is 21.6 Å². The molecule has 11 nitrogen and oxygen atoms in total. The Morgan fingerprint density at radius 2 is 1.98 bits per heavy atom. The van der Waals surface area contributed by atoms with Crippen molar-refractivity contribution in [2.24, 2.45) is 0 Å². The normalized spacial score (nSPS) is 22.7. The second-order valence-electron chi connectivity index (χ2n) is 11.1. The molecule has 0 bridgehead atoms. The number of imidazole rings is 1. The van der Waals surface area contributed by atoms with E-state index in [-0.39, 0.29) is 35.5 Å². The molecule has 0 spiro atoms. The van der Waals surface area contributed by atoms with E-state index in [0.717, 1.165) is 11.3 Å². The number of methoxy groups -OCH3 is 2. The van der Waals surface area contributed by atoms with E-state index in [2.05, 4.69) is 20.7 Å². The monoisotopic (exact) mass is 592 g/mol. The lowest BCUT2D eigenvalue weighted by Crippen LogP contribution is -2.30. The zero-order valence-corrected chi connectivity index (χ0v) is 24.0. The highest BCUT2D eigenvalue weighted by Crippen LogP contribution is 2.30. The molecule has 0 unspecified atom stereocenters. The third-order valence-corrected chi connectivity index (χ3v) is 8.14. The highest BCUT2D eigenvalue weighted by atomic mass is 19.1. The van der Waals surface area contributed by atoms with Crippen LogP contribution in [0, 0.1) is 0 Å². The molecule has 1 amide bonds. The molecule has 6 rings (SSSR count). The second-order valence-corrected chi connectivity index (χ2v) is 11.1. The summed E-state index contributed by atoms with van der Waals surface area (Å²) in [6, 6.07) is 12.2. The van der Waals surface area contributed by atoms with Crippen molar-refractivity contribution in [3.8, 4) is 5.75 Å². The molecule has 1 aromatic carbocycles. The Hall–Kier alpha value is -4.45. The maximum absolute atomic E-state index is 13.7. The zero-order valence-electron chi connectivity index (χ0n) is 27.0. The van der Waals surface area contributed by atoms with E-state index in [1.165, 1.54) is 10.7 Å². The van der Waals surface area contributed by atoms with E-state index in [9.17, 15) is 14.0 Å². The van der Waals surface area contributed by atoms with Crippen molar-refractivity contribution < 1.29 is 22.8 Å². The molecule has 2 aliphatic rings. The third kappa shape index (κ3) is 6.05. The lowest BCUT2D eigenvalue weighted by molar-refractivity contribution is 0.0580. The summed E-state index contributed by atoms with van der Waals surface area (Å²) < 4.78 is 49.2. The number of halogens is 1. The number of alkyl halides is 1. The van der Waals surface area contributed by atoms with Crippen molar-refractivity contribution in [2.45, 2.75) is 63.0 Å². The van der Waals surface area contributed by atoms with Gasteiger partial charge in [-0.25, -0.2) is 13.9 Å². The van der Waals surface area contributed by atoms with E-state index >= 15 is 0 Å². The van der Waals surface area contributed by atoms with Crippen LogP contribution in [-0.2, 0) is 11.3 Å². The number of carbonyl (C=O) groups is 1. The predicted octanol–water partition coefficient (Wildman–Crippen LogP) is 4.25. The lowest BCUT2D eigenvalue weighted by Gasteiger charge is -2.29. The highest BCUT2D eigenvalue weighted by Gasteiger charge is 2.39. The van der Waals surface area contributed by atoms with Gasteiger partial charge in [-0.05, 0) is 55.5 Å². The van der Waals surface area contributed by atoms with Crippen LogP contribution in [0.25, 0.3) is 5.65 Å². The van der Waals surface area contributed by atoms with Crippen molar-refractivity contribution in [3.63, 3.8) is 0 Å². The zero-order chi connectivity index (χ0) is 32.6. The third-order valence-electron chi connectivity index (χ3n) is 8.14. The van der Waals surface area contributed by atoms with Gasteiger partial charge in [0, 0.05) is 45.4 Å². The van der Waals surface area contributed by atoms with E-state index in [4.69, 9.17) is 13.6 Å². The number of carbonyl (C=O) groups excluding carboxylic acids is 1. The molecule has 226 valence electrons. The highest BCUT2D eigenvalue weighted by molar-refractivity contribution is 5.94. The Balaban J connectivity index is 1.29. The first-order valence-corrected chi connectivity index (χ1v) is 14.3. The van der Waals surface area contributed by atoms with Gasteiger partial charge in [-0.3, -0.25) is 9.59 Å². The Labute approximate surface area is 252 Å². The number of benzene rings is 1. The minimum Gasteiger partial charge on any atom is -0.497 e. The number of fused-ring (bicyclic) bond motifs is 1. The predicted molar refractivity (Wildman–Crippen MR) is 161 cm³/mol. The quantitative estimate of drug-likeness (QED) is 0.281. The van der Waals surface area contributed by atoms with Crippen LogP contribution in [0.3, 0.4) is 0 Å². The SMILES string of the molecule is [2H]C([2H])([2H])OC1CCC(n2cccc(Nc3cc(N(C)Cc4ccc(OC)cc4)c4ncc(C(=O)N[C@@H]5C[C@@H]5F)n4n3)c2=O)CC1. The van der Waals surface area contributed by atoms with Crippen LogP contribution in [-0.4, -0.2) is 64.6 Å². The van der Waals surface area contributed by atoms with E-state index in [0.29, 0.717) is 49.4 Å². The van der Waals surface area contributed by atoms with Crippen LogP contribution >= 0.6 is 0 Å². The fraction of sp³-hybridized carbons (Fsp3) is 0.419. The van der Waals surface area contributed by atoms with Crippen molar-refractivity contribution in [3.05, 3.63) is 76.5 Å². The van der Waals surface area contributed by atoms with Gasteiger partial charge < -0.3 is 29.6 Å². The molecule has 0 aliphatic heterocycles. The number of ether oxygens (including phenoxy) is 2. The average molecular weight is 593 g/mol. The molecule has 4 aromatic rings. The van der Waals surface area contributed by atoms with E-state index in [1.807, 2.05) is 36.2 Å². The largest absolute Gasteiger partial charge is 0.497 e. The summed E-state index contributed by atoms with van der Waals surface area (Å²) in [6.45, 7) is 0.495. The standard InChI is InChI=1S/C31H36FN7O4/c1-37(18-19-6-10-21(42-2)11-7-19)26-16-28(36-39-27(17-33-29(26)39)30(40)35-25-15-23(25)32)34-24-5-4-14-38(31(24)41)20-8-12-22(43-3)13-9-20/h4-7,10-11,14,16-17,20,22-23,25H,8-9,12-13,15,18H2,1-3H3,(H,34,36)(H,35,40)/t20?,22?,23-,25+/m0/s1/i3D3. The Morgan fingerprint density at radius 3 is 2.67 bits per heavy atom. The van der Waals surface area contributed by atoms with Crippen LogP contribution < -0.4 is 25.8 Å². The fourth-order valence-electron chi connectivity index (χ4n) is 5.57. The lowest BCUT2D eigenvalue weighted by atomic mass is 9.92. The number of pyridine rings is 1. The van der Waals surface area contributed by atoms with Gasteiger partial charge in [0.25, 0.3) is 11.5 Å². The van der Waals surface area contributed by atoms with Crippen LogP contribution in [0.2, 0.25) is 0 Å². The summed E-state index contributed by atoms with van der Waals surface area (Å²) >= 11 is 0. The molecule has 2 N–H and O–H groups in total. The fourth-order valence-corrected chi connectivity index (χ4v) is 5.57. The van der Waals surface area contributed by atoms with Crippen LogP contribution in [0.1, 0.15) is 58.3 Å². The van der Waals surface area contributed by atoms with E-state index in [1.54, 1.807) is 36.1 Å². The number of hydrogen-bond donors (Lipinski definition) is 2. The summed E-state index contributed by atoms with van der Waals surface area (Å²) in [5.41, 5.74) is 2.22. The Morgan fingerprint density at radius 1 is 1.21 bits per heavy atom. The molecule has 2 fully saturated rings. The van der Waals surface area contributed by atoms with Crippen molar-refractivity contribution in [1.82, 2.24) is 24.5 Å². The summed E-state index contributed by atoms with van der Waals surface area (Å²) in [7, 11) is 1.05. The second kappa shape index (κ2) is 12.0. The first-order chi connectivity index (χ1) is 22.0. The van der Waals surface area contributed by atoms with Gasteiger partial charge in [0.1, 0.15) is 17.6 Å². The number of amides is 1. The number of nitrogens with one attached hydrogen (secondary N) is 2. The molecule has 0 radical (unpaired) electrons.